The Bertz CT molecular complexity index is 1320. The number of ether oxygens (including phenoxy) is 1. The number of fused-ring (bicyclic) bond motifs is 3. The van der Waals surface area contributed by atoms with Crippen LogP contribution in [0.3, 0.4) is 0 Å². The molecule has 0 fully saturated rings. The van der Waals surface area contributed by atoms with Crippen molar-refractivity contribution < 1.29 is 4.74 Å². The van der Waals surface area contributed by atoms with E-state index >= 15 is 0 Å². The maximum Gasteiger partial charge on any atom is 0.274 e. The summed E-state index contributed by atoms with van der Waals surface area (Å²) in [5.74, 6) is 0.760. The van der Waals surface area contributed by atoms with Gasteiger partial charge >= 0.3 is 0 Å². The van der Waals surface area contributed by atoms with Gasteiger partial charge in [0, 0.05) is 30.4 Å². The highest BCUT2D eigenvalue weighted by Gasteiger charge is 2.13. The fourth-order valence-electron chi connectivity index (χ4n) is 3.66. The zero-order valence-corrected chi connectivity index (χ0v) is 18.3. The van der Waals surface area contributed by atoms with E-state index in [4.69, 9.17) is 4.74 Å². The normalized spacial score (nSPS) is 12.2. The highest BCUT2D eigenvalue weighted by molar-refractivity contribution is 7.15. The molecule has 0 bridgehead atoms. The average molecular weight is 408 g/mol. The molecule has 0 unspecified atom stereocenters. The molecule has 0 aliphatic rings. The van der Waals surface area contributed by atoms with Gasteiger partial charge in [-0.2, -0.15) is 0 Å². The zero-order valence-electron chi connectivity index (χ0n) is 17.4. The van der Waals surface area contributed by atoms with E-state index in [0.29, 0.717) is 4.53 Å². The molecule has 4 aromatic rings. The molecule has 0 amide bonds. The molecule has 5 nitrogen and oxygen atoms in total. The summed E-state index contributed by atoms with van der Waals surface area (Å²) in [6.45, 7) is 10.3. The Labute approximate surface area is 173 Å². The molecule has 0 saturated carbocycles. The molecule has 2 aromatic heterocycles. The predicted octanol–water partition coefficient (Wildman–Crippen LogP) is 3.93. The predicted molar refractivity (Wildman–Crippen MR) is 122 cm³/mol. The summed E-state index contributed by atoms with van der Waals surface area (Å²) in [7, 11) is 1.66. The lowest BCUT2D eigenvalue weighted by Crippen LogP contribution is -2.23. The van der Waals surface area contributed by atoms with Crippen LogP contribution in [-0.2, 0) is 0 Å². The summed E-state index contributed by atoms with van der Waals surface area (Å²) in [6.07, 6.45) is 1.90. The standard InChI is InChI=1S/C23H25N3O2S/c1-6-25(7-2)17-9-8-16(20(13-17)28-5)12-21-22(27)26-19-11-15(4)14(3)10-18(19)24-23(26)29-21/h8-13H,6-7H2,1-5H3/b21-12-. The van der Waals surface area contributed by atoms with Crippen molar-refractivity contribution in [1.82, 2.24) is 9.38 Å². The molecular weight excluding hydrogens is 382 g/mol. The smallest absolute Gasteiger partial charge is 0.274 e. The van der Waals surface area contributed by atoms with Crippen molar-refractivity contribution in [1.29, 1.82) is 0 Å². The van der Waals surface area contributed by atoms with Crippen LogP contribution in [0.15, 0.2) is 35.1 Å². The van der Waals surface area contributed by atoms with Gasteiger partial charge in [-0.25, -0.2) is 9.38 Å². The SMILES string of the molecule is CCN(CC)c1ccc(/C=c2\sc3nc4cc(C)c(C)cc4n3c2=O)c(OC)c1. The summed E-state index contributed by atoms with van der Waals surface area (Å²) in [5, 5.41) is 0. The maximum absolute atomic E-state index is 13.1. The number of hydrogen-bond acceptors (Lipinski definition) is 5. The molecule has 29 heavy (non-hydrogen) atoms. The van der Waals surface area contributed by atoms with Crippen molar-refractivity contribution in [2.45, 2.75) is 27.7 Å². The fourth-order valence-corrected chi connectivity index (χ4v) is 4.64. The van der Waals surface area contributed by atoms with E-state index in [0.717, 1.165) is 51.6 Å². The van der Waals surface area contributed by atoms with Gasteiger partial charge in [0.25, 0.3) is 5.56 Å². The van der Waals surface area contributed by atoms with Crippen LogP contribution in [-0.4, -0.2) is 29.6 Å². The Morgan fingerprint density at radius 3 is 2.55 bits per heavy atom. The Hall–Kier alpha value is -2.86. The minimum atomic E-state index is -0.0365. The third-order valence-corrected chi connectivity index (χ3v) is 6.46. The van der Waals surface area contributed by atoms with Crippen LogP contribution in [0, 0.1) is 13.8 Å². The molecule has 0 aliphatic heterocycles. The summed E-state index contributed by atoms with van der Waals surface area (Å²) >= 11 is 1.41. The van der Waals surface area contributed by atoms with E-state index in [2.05, 4.69) is 43.6 Å². The minimum absolute atomic E-state index is 0.0365. The lowest BCUT2D eigenvalue weighted by molar-refractivity contribution is 0.414. The highest BCUT2D eigenvalue weighted by atomic mass is 32.1. The number of nitrogens with zero attached hydrogens (tertiary/aromatic N) is 3. The lowest BCUT2D eigenvalue weighted by atomic mass is 10.1. The highest BCUT2D eigenvalue weighted by Crippen LogP contribution is 2.26. The van der Waals surface area contributed by atoms with Gasteiger partial charge in [0.2, 0.25) is 0 Å². The number of aryl methyl sites for hydroxylation is 2. The van der Waals surface area contributed by atoms with Crippen molar-refractivity contribution in [2.75, 3.05) is 25.1 Å². The number of aromatic nitrogens is 2. The number of benzene rings is 2. The molecule has 0 atom stereocenters. The molecule has 0 N–H and O–H groups in total. The number of hydrogen-bond donors (Lipinski definition) is 0. The number of thiazole rings is 1. The van der Waals surface area contributed by atoms with E-state index in [9.17, 15) is 4.79 Å². The quantitative estimate of drug-likeness (QED) is 0.503. The molecule has 4 rings (SSSR count). The van der Waals surface area contributed by atoms with Gasteiger partial charge < -0.3 is 9.64 Å². The first-order valence-corrected chi connectivity index (χ1v) is 10.6. The van der Waals surface area contributed by atoms with Crippen LogP contribution in [0.4, 0.5) is 5.69 Å². The van der Waals surface area contributed by atoms with Crippen molar-refractivity contribution in [3.63, 3.8) is 0 Å². The van der Waals surface area contributed by atoms with Gasteiger partial charge in [-0.1, -0.05) is 11.3 Å². The maximum atomic E-state index is 13.1. The largest absolute Gasteiger partial charge is 0.496 e. The van der Waals surface area contributed by atoms with Crippen molar-refractivity contribution in [3.8, 4) is 5.75 Å². The lowest BCUT2D eigenvalue weighted by Gasteiger charge is -2.22. The Morgan fingerprint density at radius 2 is 1.86 bits per heavy atom. The van der Waals surface area contributed by atoms with Crippen LogP contribution < -0.4 is 19.7 Å². The van der Waals surface area contributed by atoms with E-state index in [-0.39, 0.29) is 5.56 Å². The van der Waals surface area contributed by atoms with E-state index in [1.807, 2.05) is 30.3 Å². The van der Waals surface area contributed by atoms with E-state index < -0.39 is 0 Å². The zero-order chi connectivity index (χ0) is 20.7. The average Bonchev–Trinajstić information content (AvgIpc) is 3.20. The first kappa shape index (κ1) is 19.5. The fraction of sp³-hybridized carbons (Fsp3) is 0.304. The van der Waals surface area contributed by atoms with Crippen LogP contribution >= 0.6 is 11.3 Å². The topological polar surface area (TPSA) is 46.8 Å². The van der Waals surface area contributed by atoms with Gasteiger partial charge in [0.05, 0.1) is 22.7 Å². The van der Waals surface area contributed by atoms with E-state index in [1.54, 1.807) is 11.5 Å². The third-order valence-electron chi connectivity index (χ3n) is 5.49. The number of imidazole rings is 1. The van der Waals surface area contributed by atoms with Crippen molar-refractivity contribution in [3.05, 3.63) is 61.9 Å². The molecule has 2 heterocycles. The number of anilines is 1. The van der Waals surface area contributed by atoms with Gasteiger partial charge in [0.1, 0.15) is 5.75 Å². The Kier molecular flexibility index (Phi) is 5.04. The van der Waals surface area contributed by atoms with Gasteiger partial charge in [-0.3, -0.25) is 4.79 Å². The summed E-state index contributed by atoms with van der Waals surface area (Å²) in [4.78, 5) is 20.8. The number of methoxy groups -OCH3 is 1. The van der Waals surface area contributed by atoms with E-state index in [1.165, 1.54) is 16.9 Å². The van der Waals surface area contributed by atoms with Gasteiger partial charge in [0.15, 0.2) is 4.96 Å². The molecule has 0 aliphatic carbocycles. The number of rotatable bonds is 5. The summed E-state index contributed by atoms with van der Waals surface area (Å²) in [5.41, 5.74) is 6.04. The second-order valence-corrected chi connectivity index (χ2v) is 8.18. The molecule has 0 saturated heterocycles. The molecule has 6 heteroatoms. The summed E-state index contributed by atoms with van der Waals surface area (Å²) in [6, 6.07) is 10.2. The second-order valence-electron chi connectivity index (χ2n) is 7.17. The van der Waals surface area contributed by atoms with Crippen molar-refractivity contribution >= 4 is 39.1 Å². The van der Waals surface area contributed by atoms with Crippen molar-refractivity contribution in [2.24, 2.45) is 0 Å². The Morgan fingerprint density at radius 1 is 1.14 bits per heavy atom. The molecule has 2 aromatic carbocycles. The molecule has 0 radical (unpaired) electrons. The molecule has 0 spiro atoms. The Balaban J connectivity index is 1.87. The van der Waals surface area contributed by atoms with Crippen LogP contribution in [0.25, 0.3) is 22.1 Å². The third kappa shape index (κ3) is 3.27. The van der Waals surface area contributed by atoms with Crippen LogP contribution in [0.1, 0.15) is 30.5 Å². The minimum Gasteiger partial charge on any atom is -0.496 e. The van der Waals surface area contributed by atoms with Gasteiger partial charge in [-0.05, 0) is 69.2 Å². The first-order chi connectivity index (χ1) is 14.0. The second kappa shape index (κ2) is 7.52. The van der Waals surface area contributed by atoms with Crippen LogP contribution in [0.5, 0.6) is 5.75 Å². The van der Waals surface area contributed by atoms with Crippen LogP contribution in [0.2, 0.25) is 0 Å². The monoisotopic (exact) mass is 407 g/mol. The summed E-state index contributed by atoms with van der Waals surface area (Å²) < 4.78 is 7.99. The molecular formula is C23H25N3O2S. The first-order valence-electron chi connectivity index (χ1n) is 9.83. The van der Waals surface area contributed by atoms with Gasteiger partial charge in [-0.15, -0.1) is 0 Å². The molecule has 150 valence electrons.